The minimum absolute atomic E-state index is 0. The fourth-order valence-corrected chi connectivity index (χ4v) is 3.32. The number of hydrogen-bond donors (Lipinski definition) is 2. The Kier molecular flexibility index (Phi) is 10.7. The van der Waals surface area contributed by atoms with Crippen LogP contribution in [-0.2, 0) is 11.2 Å². The fraction of sp³-hybridized carbons (Fsp3) is 0.368. The number of hydrogen-bond acceptors (Lipinski definition) is 3. The maximum absolute atomic E-state index is 11.9. The normalized spacial score (nSPS) is 12.1. The first-order chi connectivity index (χ1) is 12.5. The zero-order chi connectivity index (χ0) is 18.9. The Morgan fingerprint density at radius 2 is 2.00 bits per heavy atom. The number of amides is 1. The molecule has 0 saturated carbocycles. The molecule has 0 bridgehead atoms. The molecule has 1 atom stereocenters. The fourth-order valence-electron chi connectivity index (χ4n) is 2.31. The van der Waals surface area contributed by atoms with Crippen LogP contribution in [0.2, 0.25) is 5.02 Å². The molecule has 0 spiro atoms. The van der Waals surface area contributed by atoms with Crippen LogP contribution in [0.15, 0.2) is 46.8 Å². The molecule has 1 amide bonds. The number of rotatable bonds is 7. The summed E-state index contributed by atoms with van der Waals surface area (Å²) in [5.41, 5.74) is 0.987. The number of likely N-dealkylation sites (N-methyl/N-ethyl adjacent to an activating group) is 1. The first-order valence-electron chi connectivity index (χ1n) is 8.49. The van der Waals surface area contributed by atoms with E-state index >= 15 is 0 Å². The molecule has 1 aromatic carbocycles. The average Bonchev–Trinajstić information content (AvgIpc) is 3.12. The van der Waals surface area contributed by atoms with Crippen LogP contribution in [0.25, 0.3) is 0 Å². The zero-order valence-corrected chi connectivity index (χ0v) is 19.6. The lowest BCUT2D eigenvalue weighted by molar-refractivity contribution is -0.127. The van der Waals surface area contributed by atoms with Gasteiger partial charge in [-0.05, 0) is 36.4 Å². The van der Waals surface area contributed by atoms with Gasteiger partial charge in [-0.2, -0.15) is 0 Å². The van der Waals surface area contributed by atoms with E-state index in [0.29, 0.717) is 11.0 Å². The van der Waals surface area contributed by atoms with Crippen LogP contribution >= 0.6 is 46.9 Å². The molecule has 8 heteroatoms. The van der Waals surface area contributed by atoms with Crippen molar-refractivity contribution in [1.29, 1.82) is 0 Å². The lowest BCUT2D eigenvalue weighted by Gasteiger charge is -2.20. The number of nitrogens with one attached hydrogen (secondary N) is 2. The number of nitrogens with zero attached hydrogens (tertiary/aromatic N) is 2. The van der Waals surface area contributed by atoms with Crippen molar-refractivity contribution in [3.63, 3.8) is 0 Å². The van der Waals surface area contributed by atoms with E-state index < -0.39 is 0 Å². The van der Waals surface area contributed by atoms with Crippen LogP contribution in [0.3, 0.4) is 0 Å². The van der Waals surface area contributed by atoms with Crippen LogP contribution in [-0.4, -0.2) is 44.0 Å². The van der Waals surface area contributed by atoms with Crippen LogP contribution in [0, 0.1) is 0 Å². The largest absolute Gasteiger partial charge is 0.356 e. The van der Waals surface area contributed by atoms with Crippen molar-refractivity contribution < 1.29 is 4.79 Å². The molecule has 148 valence electrons. The quantitative estimate of drug-likeness (QED) is 0.330. The van der Waals surface area contributed by atoms with Gasteiger partial charge in [0, 0.05) is 30.5 Å². The van der Waals surface area contributed by atoms with Crippen molar-refractivity contribution in [2.24, 2.45) is 4.99 Å². The minimum atomic E-state index is -0.0465. The van der Waals surface area contributed by atoms with Gasteiger partial charge in [-0.1, -0.05) is 35.9 Å². The van der Waals surface area contributed by atoms with Crippen LogP contribution in [0.4, 0.5) is 0 Å². The van der Waals surface area contributed by atoms with Crippen molar-refractivity contribution in [2.75, 3.05) is 27.2 Å². The minimum Gasteiger partial charge on any atom is -0.356 e. The number of guanidine groups is 1. The summed E-state index contributed by atoms with van der Waals surface area (Å²) in [4.78, 5) is 19.1. The van der Waals surface area contributed by atoms with Crippen molar-refractivity contribution in [1.82, 2.24) is 15.5 Å². The molecule has 0 fully saturated rings. The van der Waals surface area contributed by atoms with Gasteiger partial charge in [0.25, 0.3) is 0 Å². The Balaban J connectivity index is 0.00000364. The molecule has 2 rings (SSSR count). The second-order valence-electron chi connectivity index (χ2n) is 6.10. The van der Waals surface area contributed by atoms with Crippen molar-refractivity contribution in [3.05, 3.63) is 57.2 Å². The predicted molar refractivity (Wildman–Crippen MR) is 125 cm³/mol. The highest BCUT2D eigenvalue weighted by Crippen LogP contribution is 2.21. The van der Waals surface area contributed by atoms with Gasteiger partial charge in [-0.15, -0.1) is 35.3 Å². The summed E-state index contributed by atoms with van der Waals surface area (Å²) in [5.74, 6) is 0.555. The summed E-state index contributed by atoms with van der Waals surface area (Å²) in [7, 11) is 3.45. The highest BCUT2D eigenvalue weighted by molar-refractivity contribution is 14.0. The molecule has 0 saturated heterocycles. The summed E-state index contributed by atoms with van der Waals surface area (Å²) in [5, 5.41) is 9.41. The molecule has 2 aromatic rings. The summed E-state index contributed by atoms with van der Waals surface area (Å²) >= 11 is 8.01. The highest BCUT2D eigenvalue weighted by atomic mass is 127. The molecule has 0 aliphatic rings. The van der Waals surface area contributed by atoms with Gasteiger partial charge >= 0.3 is 0 Å². The van der Waals surface area contributed by atoms with E-state index in [9.17, 15) is 4.79 Å². The van der Waals surface area contributed by atoms with Gasteiger partial charge < -0.3 is 15.5 Å². The summed E-state index contributed by atoms with van der Waals surface area (Å²) < 4.78 is 0. The lowest BCUT2D eigenvalue weighted by atomic mass is 10.1. The van der Waals surface area contributed by atoms with E-state index in [0.717, 1.165) is 18.5 Å². The zero-order valence-electron chi connectivity index (χ0n) is 15.7. The third kappa shape index (κ3) is 8.06. The van der Waals surface area contributed by atoms with E-state index in [2.05, 4.69) is 27.1 Å². The Morgan fingerprint density at radius 1 is 1.26 bits per heavy atom. The number of thiophene rings is 1. The Hall–Kier alpha value is -1.32. The molecule has 1 aromatic heterocycles. The maximum Gasteiger partial charge on any atom is 0.243 e. The van der Waals surface area contributed by atoms with Gasteiger partial charge in [-0.3, -0.25) is 4.79 Å². The highest BCUT2D eigenvalue weighted by Gasteiger charge is 2.12. The Morgan fingerprint density at radius 3 is 2.63 bits per heavy atom. The summed E-state index contributed by atoms with van der Waals surface area (Å²) in [6.45, 7) is 2.85. The van der Waals surface area contributed by atoms with Gasteiger partial charge in [0.1, 0.15) is 6.54 Å². The molecule has 27 heavy (non-hydrogen) atoms. The van der Waals surface area contributed by atoms with Crippen LogP contribution in [0.1, 0.15) is 23.4 Å². The van der Waals surface area contributed by atoms with Gasteiger partial charge in [-0.25, -0.2) is 4.99 Å². The Labute approximate surface area is 187 Å². The number of benzene rings is 1. The van der Waals surface area contributed by atoms with Crippen LogP contribution in [0.5, 0.6) is 0 Å². The molecule has 5 nitrogen and oxygen atoms in total. The topological polar surface area (TPSA) is 56.7 Å². The number of carbonyl (C=O) groups excluding carboxylic acids is 1. The molecule has 2 N–H and O–H groups in total. The van der Waals surface area contributed by atoms with E-state index in [-0.39, 0.29) is 42.5 Å². The van der Waals surface area contributed by atoms with Crippen LogP contribution < -0.4 is 10.6 Å². The third-order valence-corrected chi connectivity index (χ3v) is 5.12. The first-order valence-corrected chi connectivity index (χ1v) is 9.75. The summed E-state index contributed by atoms with van der Waals surface area (Å²) in [6, 6.07) is 11.8. The number of halogens is 2. The number of aliphatic imine (C=N–C) groups is 1. The van der Waals surface area contributed by atoms with Gasteiger partial charge in [0.05, 0.1) is 6.04 Å². The van der Waals surface area contributed by atoms with E-state index in [4.69, 9.17) is 11.6 Å². The third-order valence-electron chi connectivity index (χ3n) is 3.84. The SMILES string of the molecule is CC(NC(=NCC(=O)N(C)C)NCCc1cccs1)c1ccccc1Cl.I. The first kappa shape index (κ1) is 23.7. The molecule has 1 heterocycles. The van der Waals surface area contributed by atoms with Crippen molar-refractivity contribution >= 4 is 58.8 Å². The van der Waals surface area contributed by atoms with Gasteiger partial charge in [0.15, 0.2) is 5.96 Å². The molecule has 0 aliphatic heterocycles. The average molecular weight is 521 g/mol. The Bertz CT molecular complexity index is 737. The standard InChI is InChI=1S/C19H25ClN4OS.HI/c1-14(16-8-4-5-9-17(16)20)23-19(22-13-18(25)24(2)3)21-11-10-15-7-6-12-26-15;/h4-9,12,14H,10-11,13H2,1-3H3,(H2,21,22,23);1H. The maximum atomic E-state index is 11.9. The molecule has 0 aliphatic carbocycles. The smallest absolute Gasteiger partial charge is 0.243 e. The summed E-state index contributed by atoms with van der Waals surface area (Å²) in [6.07, 6.45) is 0.903. The molecule has 0 radical (unpaired) electrons. The second-order valence-corrected chi connectivity index (χ2v) is 7.54. The van der Waals surface area contributed by atoms with E-state index in [1.807, 2.05) is 37.3 Å². The lowest BCUT2D eigenvalue weighted by Crippen LogP contribution is -2.40. The molecule has 1 unspecified atom stereocenters. The van der Waals surface area contributed by atoms with E-state index in [1.165, 1.54) is 9.78 Å². The van der Waals surface area contributed by atoms with Gasteiger partial charge in [0.2, 0.25) is 5.91 Å². The molecular weight excluding hydrogens is 495 g/mol. The number of carbonyl (C=O) groups is 1. The predicted octanol–water partition coefficient (Wildman–Crippen LogP) is 3.95. The monoisotopic (exact) mass is 520 g/mol. The van der Waals surface area contributed by atoms with Crippen molar-refractivity contribution in [3.8, 4) is 0 Å². The van der Waals surface area contributed by atoms with Crippen molar-refractivity contribution in [2.45, 2.75) is 19.4 Å². The van der Waals surface area contributed by atoms with E-state index in [1.54, 1.807) is 25.4 Å². The molecular formula is C19H26ClIN4OS. The second kappa shape index (κ2) is 12.2.